The second-order valence-electron chi connectivity index (χ2n) is 6.65. The van der Waals surface area contributed by atoms with Crippen molar-refractivity contribution in [2.45, 2.75) is 53.0 Å². The summed E-state index contributed by atoms with van der Waals surface area (Å²) >= 11 is 0. The molecule has 0 aromatic rings. The van der Waals surface area contributed by atoms with Gasteiger partial charge >= 0.3 is 0 Å². The fourth-order valence-electron chi connectivity index (χ4n) is 2.81. The Labute approximate surface area is 102 Å². The van der Waals surface area contributed by atoms with Crippen LogP contribution in [0.5, 0.6) is 0 Å². The highest BCUT2D eigenvalue weighted by Crippen LogP contribution is 2.39. The van der Waals surface area contributed by atoms with Gasteiger partial charge in [-0.05, 0) is 50.1 Å². The lowest BCUT2D eigenvalue weighted by molar-refractivity contribution is 0.107. The lowest BCUT2D eigenvalue weighted by Crippen LogP contribution is -2.44. The first-order valence-corrected chi connectivity index (χ1v) is 6.78. The summed E-state index contributed by atoms with van der Waals surface area (Å²) in [5, 5.41) is 0. The van der Waals surface area contributed by atoms with Gasteiger partial charge in [-0.15, -0.1) is 0 Å². The van der Waals surface area contributed by atoms with Gasteiger partial charge in [0.25, 0.3) is 0 Å². The number of rotatable bonds is 3. The minimum Gasteiger partial charge on any atom is -0.327 e. The maximum atomic E-state index is 6.26. The van der Waals surface area contributed by atoms with E-state index < -0.39 is 0 Å². The van der Waals surface area contributed by atoms with Crippen molar-refractivity contribution >= 4 is 0 Å². The summed E-state index contributed by atoms with van der Waals surface area (Å²) < 4.78 is 0. The molecule has 0 heterocycles. The zero-order valence-electron chi connectivity index (χ0n) is 11.8. The lowest BCUT2D eigenvalue weighted by atomic mass is 9.67. The highest BCUT2D eigenvalue weighted by molar-refractivity contribution is 4.88. The molecule has 3 unspecified atom stereocenters. The molecule has 2 nitrogen and oxygen atoms in total. The molecule has 0 radical (unpaired) electrons. The monoisotopic (exact) mass is 226 g/mol. The van der Waals surface area contributed by atoms with Crippen LogP contribution in [-0.2, 0) is 0 Å². The van der Waals surface area contributed by atoms with E-state index in [0.29, 0.717) is 17.4 Å². The predicted octanol–water partition coefficient (Wildman–Crippen LogP) is 2.73. The van der Waals surface area contributed by atoms with E-state index in [0.717, 1.165) is 12.5 Å². The Bertz CT molecular complexity index is 207. The van der Waals surface area contributed by atoms with Crippen LogP contribution in [0.1, 0.15) is 47.0 Å². The minimum absolute atomic E-state index is 0.424. The zero-order chi connectivity index (χ0) is 12.3. The molecular weight excluding hydrogens is 196 g/mol. The second-order valence-corrected chi connectivity index (χ2v) is 6.65. The van der Waals surface area contributed by atoms with E-state index in [1.54, 1.807) is 0 Å². The Kier molecular flexibility index (Phi) is 4.81. The summed E-state index contributed by atoms with van der Waals surface area (Å²) in [6.45, 7) is 11.6. The summed E-state index contributed by atoms with van der Waals surface area (Å²) in [5.74, 6) is 1.55. The second kappa shape index (κ2) is 5.50. The summed E-state index contributed by atoms with van der Waals surface area (Å²) in [7, 11) is 2.20. The van der Waals surface area contributed by atoms with Gasteiger partial charge in [0, 0.05) is 12.6 Å². The maximum Gasteiger partial charge on any atom is 0.00795 e. The molecule has 0 bridgehead atoms. The molecule has 0 amide bonds. The molecular formula is C14H30N2. The molecule has 0 saturated heterocycles. The van der Waals surface area contributed by atoms with Gasteiger partial charge in [-0.3, -0.25) is 0 Å². The van der Waals surface area contributed by atoms with Crippen LogP contribution in [-0.4, -0.2) is 31.1 Å². The van der Waals surface area contributed by atoms with Crippen LogP contribution in [0.3, 0.4) is 0 Å². The third-order valence-corrected chi connectivity index (χ3v) is 4.35. The normalized spacial score (nSPS) is 32.1. The largest absolute Gasteiger partial charge is 0.327 e. The molecule has 96 valence electrons. The third kappa shape index (κ3) is 3.74. The first-order chi connectivity index (χ1) is 7.34. The molecule has 1 aliphatic carbocycles. The highest BCUT2D eigenvalue weighted by atomic mass is 15.1. The molecule has 16 heavy (non-hydrogen) atoms. The number of hydrogen-bond acceptors (Lipinski definition) is 2. The van der Waals surface area contributed by atoms with Crippen molar-refractivity contribution in [1.29, 1.82) is 0 Å². The van der Waals surface area contributed by atoms with E-state index in [1.807, 2.05) is 0 Å². The van der Waals surface area contributed by atoms with Gasteiger partial charge in [0.05, 0.1) is 0 Å². The number of hydrogen-bond donors (Lipinski definition) is 1. The Morgan fingerprint density at radius 2 is 1.88 bits per heavy atom. The molecule has 1 aliphatic rings. The van der Waals surface area contributed by atoms with Crippen LogP contribution in [0.15, 0.2) is 0 Å². The van der Waals surface area contributed by atoms with Crippen LogP contribution in [0.25, 0.3) is 0 Å². The summed E-state index contributed by atoms with van der Waals surface area (Å²) in [5.41, 5.74) is 6.71. The Hall–Kier alpha value is -0.0800. The van der Waals surface area contributed by atoms with E-state index in [-0.39, 0.29) is 0 Å². The molecule has 0 spiro atoms. The van der Waals surface area contributed by atoms with Crippen molar-refractivity contribution in [3.63, 3.8) is 0 Å². The molecule has 0 aromatic carbocycles. The standard InChI is InChI=1S/C14H30N2/c1-6-16(5)10-11-9-12(14(2,3)4)7-8-13(11)15/h11-13H,6-10,15H2,1-5H3. The van der Waals surface area contributed by atoms with Crippen LogP contribution >= 0.6 is 0 Å². The summed E-state index contributed by atoms with van der Waals surface area (Å²) in [6, 6.07) is 0.424. The van der Waals surface area contributed by atoms with Crippen LogP contribution in [0.4, 0.5) is 0 Å². The lowest BCUT2D eigenvalue weighted by Gasteiger charge is -2.41. The quantitative estimate of drug-likeness (QED) is 0.802. The molecule has 1 fully saturated rings. The molecule has 0 aromatic heterocycles. The average Bonchev–Trinajstić information content (AvgIpc) is 2.19. The van der Waals surface area contributed by atoms with E-state index >= 15 is 0 Å². The maximum absolute atomic E-state index is 6.26. The first kappa shape index (κ1) is 14.0. The number of nitrogens with zero attached hydrogens (tertiary/aromatic N) is 1. The van der Waals surface area contributed by atoms with Gasteiger partial charge in [-0.2, -0.15) is 0 Å². The topological polar surface area (TPSA) is 29.3 Å². The molecule has 0 aliphatic heterocycles. The minimum atomic E-state index is 0.424. The van der Waals surface area contributed by atoms with E-state index in [2.05, 4.69) is 39.6 Å². The SMILES string of the molecule is CCN(C)CC1CC(C(C)(C)C)CCC1N. The molecule has 1 saturated carbocycles. The van der Waals surface area contributed by atoms with E-state index in [9.17, 15) is 0 Å². The van der Waals surface area contributed by atoms with Gasteiger partial charge < -0.3 is 10.6 Å². The van der Waals surface area contributed by atoms with Gasteiger partial charge in [0.15, 0.2) is 0 Å². The third-order valence-electron chi connectivity index (χ3n) is 4.35. The average molecular weight is 226 g/mol. The Morgan fingerprint density at radius 3 is 2.38 bits per heavy atom. The van der Waals surface area contributed by atoms with E-state index in [4.69, 9.17) is 5.73 Å². The molecule has 3 atom stereocenters. The van der Waals surface area contributed by atoms with E-state index in [1.165, 1.54) is 25.8 Å². The molecule has 2 N–H and O–H groups in total. The highest BCUT2D eigenvalue weighted by Gasteiger charge is 2.34. The van der Waals surface area contributed by atoms with Gasteiger partial charge in [-0.25, -0.2) is 0 Å². The fourth-order valence-corrected chi connectivity index (χ4v) is 2.81. The predicted molar refractivity (Wildman–Crippen MR) is 71.4 cm³/mol. The van der Waals surface area contributed by atoms with Gasteiger partial charge in [0.1, 0.15) is 0 Å². The Balaban J connectivity index is 2.55. The zero-order valence-corrected chi connectivity index (χ0v) is 11.8. The summed E-state index contributed by atoms with van der Waals surface area (Å²) in [6.07, 6.45) is 3.84. The first-order valence-electron chi connectivity index (χ1n) is 6.78. The number of nitrogens with two attached hydrogens (primary N) is 1. The van der Waals surface area contributed by atoms with Crippen molar-refractivity contribution in [3.8, 4) is 0 Å². The van der Waals surface area contributed by atoms with Crippen molar-refractivity contribution in [3.05, 3.63) is 0 Å². The molecule has 1 rings (SSSR count). The van der Waals surface area contributed by atoms with Crippen molar-refractivity contribution in [2.24, 2.45) is 23.0 Å². The Morgan fingerprint density at radius 1 is 1.25 bits per heavy atom. The van der Waals surface area contributed by atoms with Gasteiger partial charge in [0.2, 0.25) is 0 Å². The summed E-state index contributed by atoms with van der Waals surface area (Å²) in [4.78, 5) is 2.40. The van der Waals surface area contributed by atoms with Gasteiger partial charge in [-0.1, -0.05) is 27.7 Å². The van der Waals surface area contributed by atoms with Crippen molar-refractivity contribution in [1.82, 2.24) is 4.90 Å². The smallest absolute Gasteiger partial charge is 0.00795 e. The van der Waals surface area contributed by atoms with Crippen molar-refractivity contribution in [2.75, 3.05) is 20.1 Å². The van der Waals surface area contributed by atoms with Crippen molar-refractivity contribution < 1.29 is 0 Å². The van der Waals surface area contributed by atoms with Crippen LogP contribution < -0.4 is 5.73 Å². The van der Waals surface area contributed by atoms with Crippen LogP contribution in [0, 0.1) is 17.3 Å². The van der Waals surface area contributed by atoms with Crippen LogP contribution in [0.2, 0.25) is 0 Å². The molecule has 2 heteroatoms. The fraction of sp³-hybridized carbons (Fsp3) is 1.00.